The van der Waals surface area contributed by atoms with E-state index in [1.165, 1.54) is 5.56 Å². The maximum absolute atomic E-state index is 10.6. The fourth-order valence-electron chi connectivity index (χ4n) is 1.98. The zero-order valence-electron chi connectivity index (χ0n) is 11.0. The lowest BCUT2D eigenvalue weighted by Gasteiger charge is -2.01. The van der Waals surface area contributed by atoms with Gasteiger partial charge in [0.05, 0.1) is 4.92 Å². The molecule has 1 heterocycles. The van der Waals surface area contributed by atoms with Gasteiger partial charge in [0.15, 0.2) is 12.4 Å². The van der Waals surface area contributed by atoms with Crippen LogP contribution in [0.4, 0.5) is 5.69 Å². The van der Waals surface area contributed by atoms with Crippen LogP contribution >= 0.6 is 0 Å². The molecule has 2 aromatic rings. The molecule has 0 spiro atoms. The van der Waals surface area contributed by atoms with Gasteiger partial charge in [-0.3, -0.25) is 10.1 Å². The summed E-state index contributed by atoms with van der Waals surface area (Å²) in [5.74, 6) is 0. The van der Waals surface area contributed by atoms with Crippen molar-refractivity contribution in [3.05, 3.63) is 70.0 Å². The molecule has 2 rings (SSSR count). The minimum absolute atomic E-state index is 0.137. The van der Waals surface area contributed by atoms with Crippen LogP contribution in [0.25, 0.3) is 0 Å². The summed E-state index contributed by atoms with van der Waals surface area (Å²) in [7, 11) is 0. The van der Waals surface area contributed by atoms with Gasteiger partial charge in [-0.15, -0.1) is 0 Å². The minimum atomic E-state index is -0.375. The molecule has 98 valence electrons. The van der Waals surface area contributed by atoms with E-state index in [1.54, 1.807) is 12.1 Å². The van der Waals surface area contributed by atoms with Crippen molar-refractivity contribution in [3.8, 4) is 0 Å². The van der Waals surface area contributed by atoms with E-state index in [4.69, 9.17) is 0 Å². The van der Waals surface area contributed by atoms with Gasteiger partial charge in [-0.05, 0) is 17.5 Å². The molecule has 0 atom stereocenters. The highest BCUT2D eigenvalue weighted by Crippen LogP contribution is 2.14. The minimum Gasteiger partial charge on any atom is -0.258 e. The number of nitro groups is 1. The summed E-state index contributed by atoms with van der Waals surface area (Å²) in [4.78, 5) is 10.2. The largest absolute Gasteiger partial charge is 0.269 e. The van der Waals surface area contributed by atoms with E-state index in [9.17, 15) is 10.1 Å². The van der Waals surface area contributed by atoms with Crippen molar-refractivity contribution < 1.29 is 9.49 Å². The standard InChI is InChI=1S/C15H17N2O2/c1-2-9-16-10-7-14(8-11-16)12-13-3-5-15(6-4-13)17(18)19/h3-8,10-11H,2,9,12H2,1H3/q+1. The van der Waals surface area contributed by atoms with Gasteiger partial charge < -0.3 is 0 Å². The second kappa shape index (κ2) is 6.09. The number of aromatic nitrogens is 1. The molecule has 0 radical (unpaired) electrons. The summed E-state index contributed by atoms with van der Waals surface area (Å²) in [6.45, 7) is 3.18. The molecule has 0 saturated heterocycles. The molecule has 0 bridgehead atoms. The first-order valence-corrected chi connectivity index (χ1v) is 6.40. The predicted molar refractivity (Wildman–Crippen MR) is 72.8 cm³/mol. The zero-order valence-corrected chi connectivity index (χ0v) is 11.0. The number of benzene rings is 1. The monoisotopic (exact) mass is 257 g/mol. The van der Waals surface area contributed by atoms with Crippen molar-refractivity contribution in [1.82, 2.24) is 0 Å². The molecule has 1 aromatic carbocycles. The average Bonchev–Trinajstić information content (AvgIpc) is 2.42. The van der Waals surface area contributed by atoms with Crippen LogP contribution in [-0.2, 0) is 13.0 Å². The first-order valence-electron chi connectivity index (χ1n) is 6.40. The van der Waals surface area contributed by atoms with Gasteiger partial charge in [0.1, 0.15) is 6.54 Å². The maximum atomic E-state index is 10.6. The van der Waals surface area contributed by atoms with E-state index < -0.39 is 0 Å². The Labute approximate surface area is 112 Å². The molecule has 0 saturated carbocycles. The normalized spacial score (nSPS) is 10.4. The van der Waals surface area contributed by atoms with Crippen molar-refractivity contribution in [3.63, 3.8) is 0 Å². The lowest BCUT2D eigenvalue weighted by Crippen LogP contribution is -2.32. The summed E-state index contributed by atoms with van der Waals surface area (Å²) < 4.78 is 2.15. The van der Waals surface area contributed by atoms with E-state index in [-0.39, 0.29) is 10.6 Å². The van der Waals surface area contributed by atoms with Gasteiger partial charge in [0.2, 0.25) is 0 Å². The van der Waals surface area contributed by atoms with E-state index in [0.29, 0.717) is 0 Å². The van der Waals surface area contributed by atoms with Crippen molar-refractivity contribution in [2.45, 2.75) is 26.3 Å². The highest BCUT2D eigenvalue weighted by molar-refractivity contribution is 5.34. The topological polar surface area (TPSA) is 47.0 Å². The van der Waals surface area contributed by atoms with Crippen LogP contribution in [0.3, 0.4) is 0 Å². The third kappa shape index (κ3) is 3.61. The molecule has 0 amide bonds. The molecule has 0 fully saturated rings. The maximum Gasteiger partial charge on any atom is 0.269 e. The van der Waals surface area contributed by atoms with Crippen LogP contribution in [0, 0.1) is 10.1 Å². The lowest BCUT2D eigenvalue weighted by molar-refractivity contribution is -0.697. The summed E-state index contributed by atoms with van der Waals surface area (Å²) in [5, 5.41) is 10.6. The Morgan fingerprint density at radius 2 is 1.63 bits per heavy atom. The molecule has 0 aliphatic rings. The predicted octanol–water partition coefficient (Wildman–Crippen LogP) is 2.88. The second-order valence-corrected chi connectivity index (χ2v) is 4.54. The molecule has 4 heteroatoms. The third-order valence-electron chi connectivity index (χ3n) is 3.00. The van der Waals surface area contributed by atoms with Crippen molar-refractivity contribution >= 4 is 5.69 Å². The highest BCUT2D eigenvalue weighted by Gasteiger charge is 2.05. The van der Waals surface area contributed by atoms with Crippen LogP contribution in [0.15, 0.2) is 48.8 Å². The average molecular weight is 257 g/mol. The summed E-state index contributed by atoms with van der Waals surface area (Å²) in [5.41, 5.74) is 2.43. The Kier molecular flexibility index (Phi) is 4.23. The summed E-state index contributed by atoms with van der Waals surface area (Å²) in [6, 6.07) is 10.9. The number of nitro benzene ring substituents is 1. The Bertz CT molecular complexity index is 547. The number of hydrogen-bond acceptors (Lipinski definition) is 2. The van der Waals surface area contributed by atoms with Crippen LogP contribution in [0.2, 0.25) is 0 Å². The fraction of sp³-hybridized carbons (Fsp3) is 0.267. The van der Waals surface area contributed by atoms with Crippen molar-refractivity contribution in [2.75, 3.05) is 0 Å². The molecule has 0 aliphatic heterocycles. The molecule has 4 nitrogen and oxygen atoms in total. The third-order valence-corrected chi connectivity index (χ3v) is 3.00. The van der Waals surface area contributed by atoms with E-state index in [0.717, 1.165) is 24.9 Å². The van der Waals surface area contributed by atoms with Crippen LogP contribution in [0.5, 0.6) is 0 Å². The van der Waals surface area contributed by atoms with E-state index >= 15 is 0 Å². The highest BCUT2D eigenvalue weighted by atomic mass is 16.6. The Hall–Kier alpha value is -2.23. The van der Waals surface area contributed by atoms with Crippen LogP contribution in [0.1, 0.15) is 24.5 Å². The Morgan fingerprint density at radius 1 is 1.05 bits per heavy atom. The first-order chi connectivity index (χ1) is 9.19. The SMILES string of the molecule is CCC[n+]1ccc(Cc2ccc([N+](=O)[O-])cc2)cc1. The molecule has 0 N–H and O–H groups in total. The molecule has 1 aromatic heterocycles. The van der Waals surface area contributed by atoms with Gasteiger partial charge in [0, 0.05) is 30.7 Å². The Balaban J connectivity index is 2.06. The van der Waals surface area contributed by atoms with Crippen LogP contribution in [-0.4, -0.2) is 4.92 Å². The quantitative estimate of drug-likeness (QED) is 0.470. The zero-order chi connectivity index (χ0) is 13.7. The molecular formula is C15H17N2O2+. The smallest absolute Gasteiger partial charge is 0.258 e. The molecule has 19 heavy (non-hydrogen) atoms. The van der Waals surface area contributed by atoms with Crippen molar-refractivity contribution in [1.29, 1.82) is 0 Å². The summed E-state index contributed by atoms with van der Waals surface area (Å²) in [6.07, 6.45) is 6.06. The number of pyridine rings is 1. The van der Waals surface area contributed by atoms with Crippen LogP contribution < -0.4 is 4.57 Å². The van der Waals surface area contributed by atoms with Gasteiger partial charge >= 0.3 is 0 Å². The number of rotatable bonds is 5. The van der Waals surface area contributed by atoms with Gasteiger partial charge in [-0.1, -0.05) is 19.1 Å². The molecule has 0 aliphatic carbocycles. The first kappa shape index (κ1) is 13.2. The molecular weight excluding hydrogens is 240 g/mol. The number of nitrogens with zero attached hydrogens (tertiary/aromatic N) is 2. The fourth-order valence-corrected chi connectivity index (χ4v) is 1.98. The van der Waals surface area contributed by atoms with Gasteiger partial charge in [0.25, 0.3) is 5.69 Å². The number of hydrogen-bond donors (Lipinski definition) is 0. The number of non-ortho nitro benzene ring substituents is 1. The lowest BCUT2D eigenvalue weighted by atomic mass is 10.1. The number of aryl methyl sites for hydroxylation is 1. The van der Waals surface area contributed by atoms with Gasteiger partial charge in [-0.2, -0.15) is 0 Å². The van der Waals surface area contributed by atoms with E-state index in [2.05, 4.69) is 36.0 Å². The van der Waals surface area contributed by atoms with Gasteiger partial charge in [-0.25, -0.2) is 4.57 Å². The van der Waals surface area contributed by atoms with Crippen molar-refractivity contribution in [2.24, 2.45) is 0 Å². The summed E-state index contributed by atoms with van der Waals surface area (Å²) >= 11 is 0. The second-order valence-electron chi connectivity index (χ2n) is 4.54. The Morgan fingerprint density at radius 3 is 2.16 bits per heavy atom. The molecule has 0 unspecified atom stereocenters. The van der Waals surface area contributed by atoms with E-state index in [1.807, 2.05) is 12.1 Å².